The number of hydrogen-bond donors (Lipinski definition) is 1. The van der Waals surface area contributed by atoms with E-state index in [0.717, 1.165) is 31.8 Å². The third kappa shape index (κ3) is 4.73. The van der Waals surface area contributed by atoms with Gasteiger partial charge in [-0.2, -0.15) is 0 Å². The molecule has 2 fully saturated rings. The molecule has 2 heterocycles. The first-order chi connectivity index (χ1) is 13.7. The van der Waals surface area contributed by atoms with Crippen molar-refractivity contribution < 1.29 is 9.18 Å². The van der Waals surface area contributed by atoms with E-state index in [1.807, 2.05) is 0 Å². The number of likely N-dealkylation sites (tertiary alicyclic amines) is 1. The first-order valence-electron chi connectivity index (χ1n) is 10.3. The third-order valence-corrected chi connectivity index (χ3v) is 5.91. The molecule has 0 radical (unpaired) electrons. The van der Waals surface area contributed by atoms with Gasteiger partial charge in [0.05, 0.1) is 5.56 Å². The SMILES string of the molecule is O=C(NC1CCN(CC2CCCC2)CC1)c1cnc(-c2cccc(F)c2)nc1. The minimum Gasteiger partial charge on any atom is -0.349 e. The summed E-state index contributed by atoms with van der Waals surface area (Å²) in [5.74, 6) is 0.818. The number of nitrogens with zero attached hydrogens (tertiary/aromatic N) is 3. The maximum atomic E-state index is 13.3. The van der Waals surface area contributed by atoms with Crippen molar-refractivity contribution in [2.75, 3.05) is 19.6 Å². The van der Waals surface area contributed by atoms with E-state index in [1.165, 1.54) is 56.8 Å². The van der Waals surface area contributed by atoms with Crippen molar-refractivity contribution in [2.24, 2.45) is 5.92 Å². The Morgan fingerprint density at radius 1 is 1.11 bits per heavy atom. The fraction of sp³-hybridized carbons (Fsp3) is 0.500. The number of piperidine rings is 1. The van der Waals surface area contributed by atoms with Crippen LogP contribution in [0.1, 0.15) is 48.9 Å². The van der Waals surface area contributed by atoms with Gasteiger partial charge in [0, 0.05) is 43.6 Å². The van der Waals surface area contributed by atoms with Gasteiger partial charge in [-0.1, -0.05) is 25.0 Å². The van der Waals surface area contributed by atoms with Crippen molar-refractivity contribution in [2.45, 2.75) is 44.6 Å². The fourth-order valence-corrected chi connectivity index (χ4v) is 4.31. The van der Waals surface area contributed by atoms with E-state index in [1.54, 1.807) is 12.1 Å². The average Bonchev–Trinajstić information content (AvgIpc) is 3.23. The molecule has 1 N–H and O–H groups in total. The highest BCUT2D eigenvalue weighted by Gasteiger charge is 2.24. The van der Waals surface area contributed by atoms with Crippen LogP contribution in [-0.2, 0) is 0 Å². The smallest absolute Gasteiger partial charge is 0.254 e. The highest BCUT2D eigenvalue weighted by Crippen LogP contribution is 2.26. The Morgan fingerprint density at radius 3 is 2.50 bits per heavy atom. The molecular weight excluding hydrogens is 355 g/mol. The molecule has 0 spiro atoms. The van der Waals surface area contributed by atoms with Crippen LogP contribution in [0, 0.1) is 11.7 Å². The number of amides is 1. The topological polar surface area (TPSA) is 58.1 Å². The summed E-state index contributed by atoms with van der Waals surface area (Å²) in [5.41, 5.74) is 1.04. The summed E-state index contributed by atoms with van der Waals surface area (Å²) in [4.78, 5) is 23.5. The van der Waals surface area contributed by atoms with Crippen molar-refractivity contribution in [1.29, 1.82) is 0 Å². The van der Waals surface area contributed by atoms with E-state index >= 15 is 0 Å². The molecule has 1 saturated carbocycles. The Labute approximate surface area is 165 Å². The van der Waals surface area contributed by atoms with Crippen LogP contribution >= 0.6 is 0 Å². The molecule has 5 nitrogen and oxygen atoms in total. The zero-order valence-corrected chi connectivity index (χ0v) is 16.1. The number of nitrogens with one attached hydrogen (secondary N) is 1. The van der Waals surface area contributed by atoms with E-state index in [2.05, 4.69) is 20.2 Å². The molecule has 0 unspecified atom stereocenters. The van der Waals surface area contributed by atoms with Crippen molar-refractivity contribution in [3.63, 3.8) is 0 Å². The molecule has 148 valence electrons. The first-order valence-corrected chi connectivity index (χ1v) is 10.3. The van der Waals surface area contributed by atoms with Crippen LogP contribution in [0.5, 0.6) is 0 Å². The highest BCUT2D eigenvalue weighted by molar-refractivity contribution is 5.93. The molecule has 2 aliphatic rings. The molecule has 1 aromatic carbocycles. The predicted octanol–water partition coefficient (Wildman–Crippen LogP) is 3.67. The normalized spacial score (nSPS) is 19.0. The Morgan fingerprint density at radius 2 is 1.82 bits per heavy atom. The largest absolute Gasteiger partial charge is 0.349 e. The number of benzene rings is 1. The van der Waals surface area contributed by atoms with Crippen LogP contribution < -0.4 is 5.32 Å². The lowest BCUT2D eigenvalue weighted by molar-refractivity contribution is 0.0905. The van der Waals surface area contributed by atoms with E-state index in [0.29, 0.717) is 17.0 Å². The molecule has 1 aromatic heterocycles. The minimum atomic E-state index is -0.331. The molecule has 28 heavy (non-hydrogen) atoms. The summed E-state index contributed by atoms with van der Waals surface area (Å²) in [7, 11) is 0. The van der Waals surface area contributed by atoms with Gasteiger partial charge in [-0.15, -0.1) is 0 Å². The Hall–Kier alpha value is -2.34. The summed E-state index contributed by atoms with van der Waals surface area (Å²) in [6.07, 6.45) is 10.5. The molecule has 1 aliphatic carbocycles. The van der Waals surface area contributed by atoms with Crippen LogP contribution in [0.25, 0.3) is 11.4 Å². The molecule has 1 aliphatic heterocycles. The molecule has 1 saturated heterocycles. The number of rotatable bonds is 5. The van der Waals surface area contributed by atoms with Crippen LogP contribution in [0.4, 0.5) is 4.39 Å². The van der Waals surface area contributed by atoms with Crippen molar-refractivity contribution in [3.05, 3.63) is 48.0 Å². The van der Waals surface area contributed by atoms with Gasteiger partial charge < -0.3 is 10.2 Å². The number of carbonyl (C=O) groups is 1. The maximum Gasteiger partial charge on any atom is 0.254 e. The van der Waals surface area contributed by atoms with Gasteiger partial charge in [-0.25, -0.2) is 14.4 Å². The van der Waals surface area contributed by atoms with E-state index < -0.39 is 0 Å². The van der Waals surface area contributed by atoms with E-state index in [-0.39, 0.29) is 17.8 Å². The minimum absolute atomic E-state index is 0.139. The first kappa shape index (κ1) is 19.0. The molecule has 4 rings (SSSR count). The quantitative estimate of drug-likeness (QED) is 0.857. The second-order valence-electron chi connectivity index (χ2n) is 8.00. The molecule has 6 heteroatoms. The Kier molecular flexibility index (Phi) is 5.95. The third-order valence-electron chi connectivity index (χ3n) is 5.91. The van der Waals surface area contributed by atoms with Gasteiger partial charge >= 0.3 is 0 Å². The molecule has 0 bridgehead atoms. The summed E-state index contributed by atoms with van der Waals surface area (Å²) in [6, 6.07) is 6.33. The zero-order chi connectivity index (χ0) is 19.3. The van der Waals surface area contributed by atoms with Crippen LogP contribution in [-0.4, -0.2) is 46.5 Å². The van der Waals surface area contributed by atoms with Gasteiger partial charge in [0.2, 0.25) is 0 Å². The van der Waals surface area contributed by atoms with Crippen molar-refractivity contribution in [3.8, 4) is 11.4 Å². The summed E-state index contributed by atoms with van der Waals surface area (Å²) in [5, 5.41) is 3.11. The van der Waals surface area contributed by atoms with Gasteiger partial charge in [-0.3, -0.25) is 4.79 Å². The second-order valence-corrected chi connectivity index (χ2v) is 8.00. The van der Waals surface area contributed by atoms with Gasteiger partial charge in [0.15, 0.2) is 5.82 Å². The lowest BCUT2D eigenvalue weighted by Crippen LogP contribution is -2.45. The highest BCUT2D eigenvalue weighted by atomic mass is 19.1. The summed E-state index contributed by atoms with van der Waals surface area (Å²) < 4.78 is 13.3. The zero-order valence-electron chi connectivity index (χ0n) is 16.1. The molecule has 1 amide bonds. The number of hydrogen-bond acceptors (Lipinski definition) is 4. The monoisotopic (exact) mass is 382 g/mol. The van der Waals surface area contributed by atoms with Crippen LogP contribution in [0.3, 0.4) is 0 Å². The van der Waals surface area contributed by atoms with Gasteiger partial charge in [0.1, 0.15) is 5.82 Å². The Balaban J connectivity index is 1.28. The van der Waals surface area contributed by atoms with E-state index in [9.17, 15) is 9.18 Å². The van der Waals surface area contributed by atoms with Gasteiger partial charge in [0.25, 0.3) is 5.91 Å². The lowest BCUT2D eigenvalue weighted by Gasteiger charge is -2.33. The summed E-state index contributed by atoms with van der Waals surface area (Å²) >= 11 is 0. The standard InChI is InChI=1S/C22H27FN4O/c23-19-7-3-6-17(12-19)21-24-13-18(14-25-21)22(28)26-20-8-10-27(11-9-20)15-16-4-1-2-5-16/h3,6-7,12-14,16,20H,1-2,4-5,8-11,15H2,(H,26,28). The Bertz CT molecular complexity index is 796. The number of carbonyl (C=O) groups excluding carboxylic acids is 1. The maximum absolute atomic E-state index is 13.3. The summed E-state index contributed by atoms with van der Waals surface area (Å²) in [6.45, 7) is 3.32. The van der Waals surface area contributed by atoms with Crippen LogP contribution in [0.15, 0.2) is 36.7 Å². The van der Waals surface area contributed by atoms with Crippen molar-refractivity contribution in [1.82, 2.24) is 20.2 Å². The number of halogens is 1. The molecular formula is C22H27FN4O. The predicted molar refractivity (Wildman–Crippen MR) is 106 cm³/mol. The second kappa shape index (κ2) is 8.78. The lowest BCUT2D eigenvalue weighted by atomic mass is 10.0. The molecule has 2 aromatic rings. The fourth-order valence-electron chi connectivity index (χ4n) is 4.31. The van der Waals surface area contributed by atoms with Gasteiger partial charge in [-0.05, 0) is 43.7 Å². The molecule has 0 atom stereocenters. The van der Waals surface area contributed by atoms with Crippen molar-refractivity contribution >= 4 is 5.91 Å². The van der Waals surface area contributed by atoms with E-state index in [4.69, 9.17) is 0 Å². The van der Waals surface area contributed by atoms with Crippen LogP contribution in [0.2, 0.25) is 0 Å². The number of aromatic nitrogens is 2. The average molecular weight is 382 g/mol.